The molecule has 2 aliphatic rings. The molecule has 0 saturated heterocycles. The minimum Gasteiger partial charge on any atom is -0.497 e. The summed E-state index contributed by atoms with van der Waals surface area (Å²) < 4.78 is 18.9. The molecule has 3 aromatic rings. The first kappa shape index (κ1) is 20.5. The minimum absolute atomic E-state index is 0.192. The van der Waals surface area contributed by atoms with Gasteiger partial charge in [-0.15, -0.1) is 0 Å². The van der Waals surface area contributed by atoms with E-state index in [1.807, 2.05) is 54.6 Å². The predicted molar refractivity (Wildman–Crippen MR) is 120 cm³/mol. The maximum absolute atomic E-state index is 13.5. The lowest BCUT2D eigenvalue weighted by Crippen LogP contribution is -2.58. The second kappa shape index (κ2) is 7.63. The van der Waals surface area contributed by atoms with E-state index in [0.29, 0.717) is 15.1 Å². The van der Waals surface area contributed by atoms with Gasteiger partial charge >= 0.3 is 5.97 Å². The molecule has 0 spiro atoms. The molecule has 2 bridgehead atoms. The molecule has 0 unspecified atom stereocenters. The Hall–Kier alpha value is -3.39. The zero-order valence-electron chi connectivity index (χ0n) is 17.9. The first-order chi connectivity index (χ1) is 15.4. The van der Waals surface area contributed by atoms with E-state index in [1.54, 1.807) is 25.5 Å². The molecule has 32 heavy (non-hydrogen) atoms. The average molecular weight is 451 g/mol. The van der Waals surface area contributed by atoms with Crippen molar-refractivity contribution in [2.45, 2.75) is 25.6 Å². The van der Waals surface area contributed by atoms with Gasteiger partial charge in [-0.1, -0.05) is 41.7 Å². The monoisotopic (exact) mass is 450 g/mol. The highest BCUT2D eigenvalue weighted by Gasteiger charge is 2.55. The summed E-state index contributed by atoms with van der Waals surface area (Å²) in [5, 5.41) is 0. The highest BCUT2D eigenvalue weighted by molar-refractivity contribution is 7.07. The van der Waals surface area contributed by atoms with Crippen molar-refractivity contribution >= 4 is 23.4 Å². The molecular formula is C24H22N2O5S. The van der Waals surface area contributed by atoms with Crippen molar-refractivity contribution in [3.63, 3.8) is 0 Å². The number of hydrogen-bond donors (Lipinski definition) is 0. The fourth-order valence-electron chi connectivity index (χ4n) is 4.39. The second-order valence-electron chi connectivity index (χ2n) is 7.82. The standard InChI is InChI=1S/C24H22N2O5S/c1-4-30-22(28)19-20-16-7-5-6-8-17(16)31-24(19,2)25-23-26(20)21(27)18(32-23)13-14-9-11-15(29-3)12-10-14/h5-13,19-20H,4H2,1-3H3/t19-,20+,24+/m0/s1. The summed E-state index contributed by atoms with van der Waals surface area (Å²) in [6.07, 6.45) is 1.83. The number of nitrogens with zero attached hydrogens (tertiary/aromatic N) is 2. The van der Waals surface area contributed by atoms with Crippen molar-refractivity contribution in [3.05, 3.63) is 79.3 Å². The molecule has 0 radical (unpaired) electrons. The van der Waals surface area contributed by atoms with E-state index < -0.39 is 23.7 Å². The lowest BCUT2D eigenvalue weighted by atomic mass is 9.81. The topological polar surface area (TPSA) is 79.1 Å². The van der Waals surface area contributed by atoms with Crippen molar-refractivity contribution in [1.29, 1.82) is 0 Å². The second-order valence-corrected chi connectivity index (χ2v) is 8.83. The quantitative estimate of drug-likeness (QED) is 0.570. The van der Waals surface area contributed by atoms with Gasteiger partial charge < -0.3 is 14.2 Å². The van der Waals surface area contributed by atoms with E-state index in [0.717, 1.165) is 16.9 Å². The van der Waals surface area contributed by atoms with Crippen molar-refractivity contribution in [2.24, 2.45) is 10.9 Å². The Balaban J connectivity index is 1.73. The Bertz CT molecular complexity index is 1370. The number of ether oxygens (including phenoxy) is 3. The third-order valence-electron chi connectivity index (χ3n) is 5.83. The maximum atomic E-state index is 13.5. The molecule has 0 aliphatic carbocycles. The number of hydrogen-bond acceptors (Lipinski definition) is 7. The van der Waals surface area contributed by atoms with Gasteiger partial charge in [-0.3, -0.25) is 14.2 Å². The fraction of sp³-hybridized carbons (Fsp3) is 0.292. The number of esters is 1. The zero-order chi connectivity index (χ0) is 22.5. The summed E-state index contributed by atoms with van der Waals surface area (Å²) in [6, 6.07) is 14.4. The minimum atomic E-state index is -1.17. The fourth-order valence-corrected chi connectivity index (χ4v) is 5.49. The van der Waals surface area contributed by atoms with Gasteiger partial charge in [0.05, 0.1) is 24.3 Å². The molecule has 2 aliphatic heterocycles. The molecule has 3 atom stereocenters. The summed E-state index contributed by atoms with van der Waals surface area (Å²) >= 11 is 1.29. The maximum Gasteiger partial charge on any atom is 0.317 e. The van der Waals surface area contributed by atoms with Gasteiger partial charge in [-0.2, -0.15) is 0 Å². The van der Waals surface area contributed by atoms with E-state index >= 15 is 0 Å². The van der Waals surface area contributed by atoms with Gasteiger partial charge in [-0.25, -0.2) is 4.99 Å². The molecule has 1 aromatic heterocycles. The van der Waals surface area contributed by atoms with E-state index in [1.165, 1.54) is 11.3 Å². The van der Waals surface area contributed by atoms with Gasteiger partial charge in [-0.05, 0) is 43.7 Å². The lowest BCUT2D eigenvalue weighted by Gasteiger charge is -2.44. The van der Waals surface area contributed by atoms with Gasteiger partial charge in [0.1, 0.15) is 17.4 Å². The number of rotatable bonds is 4. The van der Waals surface area contributed by atoms with Crippen LogP contribution in [-0.2, 0) is 9.53 Å². The van der Waals surface area contributed by atoms with Crippen molar-refractivity contribution < 1.29 is 19.0 Å². The largest absolute Gasteiger partial charge is 0.497 e. The van der Waals surface area contributed by atoms with Gasteiger partial charge in [0.2, 0.25) is 5.72 Å². The van der Waals surface area contributed by atoms with E-state index in [9.17, 15) is 9.59 Å². The molecule has 164 valence electrons. The van der Waals surface area contributed by atoms with Crippen LogP contribution in [0.1, 0.15) is 31.0 Å². The van der Waals surface area contributed by atoms with Crippen LogP contribution in [0.5, 0.6) is 11.5 Å². The Morgan fingerprint density at radius 2 is 2.00 bits per heavy atom. The van der Waals surface area contributed by atoms with Crippen LogP contribution >= 0.6 is 11.3 Å². The Labute approximate surface area is 188 Å². The van der Waals surface area contributed by atoms with Crippen molar-refractivity contribution in [2.75, 3.05) is 13.7 Å². The zero-order valence-corrected chi connectivity index (χ0v) is 18.7. The lowest BCUT2D eigenvalue weighted by molar-refractivity contribution is -0.160. The molecule has 5 rings (SSSR count). The number of carbonyl (C=O) groups excluding carboxylic acids is 1. The highest BCUT2D eigenvalue weighted by atomic mass is 32.1. The summed E-state index contributed by atoms with van der Waals surface area (Å²) in [6.45, 7) is 3.77. The SMILES string of the molecule is CCOC(=O)[C@@H]1[C@H]2c3ccccc3O[C@@]1(C)N=c1sc(=Cc3ccc(OC)cc3)c(=O)n12. The van der Waals surface area contributed by atoms with Crippen LogP contribution in [0.3, 0.4) is 0 Å². The van der Waals surface area contributed by atoms with Crippen LogP contribution in [0.25, 0.3) is 6.08 Å². The predicted octanol–water partition coefficient (Wildman–Crippen LogP) is 2.26. The first-order valence-corrected chi connectivity index (χ1v) is 11.2. The van der Waals surface area contributed by atoms with E-state index in [2.05, 4.69) is 0 Å². The molecule has 0 fully saturated rings. The Kier molecular flexibility index (Phi) is 4.89. The van der Waals surface area contributed by atoms with Crippen LogP contribution in [0.2, 0.25) is 0 Å². The van der Waals surface area contributed by atoms with Crippen molar-refractivity contribution in [1.82, 2.24) is 4.57 Å². The molecule has 7 nitrogen and oxygen atoms in total. The molecule has 2 aromatic carbocycles. The van der Waals surface area contributed by atoms with E-state index in [-0.39, 0.29) is 12.2 Å². The van der Waals surface area contributed by atoms with Crippen LogP contribution < -0.4 is 24.4 Å². The van der Waals surface area contributed by atoms with Crippen LogP contribution in [-0.4, -0.2) is 30.0 Å². The molecule has 0 amide bonds. The summed E-state index contributed by atoms with van der Waals surface area (Å²) in [4.78, 5) is 31.8. The molecule has 8 heteroatoms. The number of para-hydroxylation sites is 1. The molecule has 3 heterocycles. The number of thiazole rings is 1. The highest BCUT2D eigenvalue weighted by Crippen LogP contribution is 2.47. The van der Waals surface area contributed by atoms with Crippen LogP contribution in [0.4, 0.5) is 0 Å². The number of fused-ring (bicyclic) bond motifs is 6. The van der Waals surface area contributed by atoms with Crippen LogP contribution in [0, 0.1) is 5.92 Å². The number of carbonyl (C=O) groups is 1. The Morgan fingerprint density at radius 1 is 1.25 bits per heavy atom. The summed E-state index contributed by atoms with van der Waals surface area (Å²) in [5.41, 5.74) is 0.285. The third kappa shape index (κ3) is 3.14. The normalized spacial score (nSPS) is 23.4. The van der Waals surface area contributed by atoms with Crippen molar-refractivity contribution in [3.8, 4) is 11.5 Å². The van der Waals surface area contributed by atoms with Gasteiger partial charge in [0.15, 0.2) is 4.80 Å². The summed E-state index contributed by atoms with van der Waals surface area (Å²) in [5.74, 6) is 0.162. The van der Waals surface area contributed by atoms with Gasteiger partial charge in [0.25, 0.3) is 5.56 Å². The first-order valence-electron chi connectivity index (χ1n) is 10.4. The number of methoxy groups -OCH3 is 1. The average Bonchev–Trinajstić information content (AvgIpc) is 3.07. The van der Waals surface area contributed by atoms with E-state index in [4.69, 9.17) is 19.2 Å². The van der Waals surface area contributed by atoms with Crippen LogP contribution in [0.15, 0.2) is 58.3 Å². The summed E-state index contributed by atoms with van der Waals surface area (Å²) in [7, 11) is 1.61. The molecular weight excluding hydrogens is 428 g/mol. The third-order valence-corrected chi connectivity index (χ3v) is 6.82. The number of aromatic nitrogens is 1. The smallest absolute Gasteiger partial charge is 0.317 e. The number of benzene rings is 2. The Morgan fingerprint density at radius 3 is 2.72 bits per heavy atom. The molecule has 0 saturated carbocycles. The van der Waals surface area contributed by atoms with Gasteiger partial charge in [0, 0.05) is 5.56 Å². The molecule has 0 N–H and O–H groups in total.